The molecule has 0 heterocycles. The van der Waals surface area contributed by atoms with Gasteiger partial charge in [-0.15, -0.1) is 0 Å². The van der Waals surface area contributed by atoms with E-state index < -0.39 is 0 Å². The van der Waals surface area contributed by atoms with E-state index in [2.05, 4.69) is 98.5 Å². The molecule has 0 amide bonds. The Bertz CT molecular complexity index is 902. The van der Waals surface area contributed by atoms with Gasteiger partial charge in [-0.05, 0) is 72.4 Å². The zero-order chi connectivity index (χ0) is 19.1. The van der Waals surface area contributed by atoms with Gasteiger partial charge in [0.1, 0.15) is 0 Å². The highest BCUT2D eigenvalue weighted by molar-refractivity contribution is 5.64. The average Bonchev–Trinajstić information content (AvgIpc) is 3.13. The maximum atomic E-state index is 2.38. The lowest BCUT2D eigenvalue weighted by Crippen LogP contribution is -2.21. The van der Waals surface area contributed by atoms with E-state index in [-0.39, 0.29) is 0 Å². The fourth-order valence-corrected chi connectivity index (χ4v) is 3.66. The van der Waals surface area contributed by atoms with Crippen LogP contribution in [0.5, 0.6) is 0 Å². The Morgan fingerprint density at radius 2 is 1.44 bits per heavy atom. The summed E-state index contributed by atoms with van der Waals surface area (Å²) in [6.07, 6.45) is 12.6. The largest absolute Gasteiger partial charge is 0.372 e. The van der Waals surface area contributed by atoms with Gasteiger partial charge in [-0.2, -0.15) is 0 Å². The number of benzene rings is 2. The molecule has 2 aromatic rings. The quantitative estimate of drug-likeness (QED) is 0.677. The summed E-state index contributed by atoms with van der Waals surface area (Å²) in [6.45, 7) is 8.69. The van der Waals surface area contributed by atoms with Gasteiger partial charge in [-0.1, -0.05) is 67.6 Å². The van der Waals surface area contributed by atoms with Crippen LogP contribution in [0, 0.1) is 0 Å². The Kier molecular flexibility index (Phi) is 6.70. The second kappa shape index (κ2) is 9.41. The average molecular weight is 358 g/mol. The minimum Gasteiger partial charge on any atom is -0.372 e. The third-order valence-electron chi connectivity index (χ3n) is 5.18. The fraction of sp³-hybridized carbons (Fsp3) is 0.308. The number of rotatable bonds is 6. The molecule has 140 valence electrons. The highest BCUT2D eigenvalue weighted by Gasteiger charge is 2.07. The molecular weight excluding hydrogens is 326 g/mol. The minimum atomic E-state index is 1.05. The third-order valence-corrected chi connectivity index (χ3v) is 5.18. The molecule has 1 nitrogen and oxygen atoms in total. The summed E-state index contributed by atoms with van der Waals surface area (Å²) in [5.74, 6) is 0. The lowest BCUT2D eigenvalue weighted by molar-refractivity contribution is 0.866. The van der Waals surface area contributed by atoms with E-state index in [1.54, 1.807) is 0 Å². The van der Waals surface area contributed by atoms with Crippen LogP contribution in [0.4, 0.5) is 5.69 Å². The molecule has 0 spiro atoms. The Morgan fingerprint density at radius 3 is 2.07 bits per heavy atom. The molecule has 1 aliphatic rings. The van der Waals surface area contributed by atoms with Crippen molar-refractivity contribution in [3.63, 3.8) is 0 Å². The van der Waals surface area contributed by atoms with Crippen LogP contribution in [0.3, 0.4) is 0 Å². The molecule has 0 saturated heterocycles. The molecule has 0 saturated carbocycles. The third kappa shape index (κ3) is 5.23. The second-order valence-corrected chi connectivity index (χ2v) is 7.13. The van der Waals surface area contributed by atoms with E-state index in [9.17, 15) is 0 Å². The van der Waals surface area contributed by atoms with Crippen molar-refractivity contribution in [2.75, 3.05) is 18.0 Å². The number of hydrogen-bond acceptors (Lipinski definition) is 1. The Morgan fingerprint density at radius 1 is 0.778 bits per heavy atom. The number of hydrogen-bond donors (Lipinski definition) is 0. The van der Waals surface area contributed by atoms with Crippen molar-refractivity contribution in [2.24, 2.45) is 0 Å². The standard InChI is InChI=1S/C26H31N/c1-4-7-21-8-10-22(11-9-21)18-24-12-13-25(20-24)19-23-14-16-26(17-15-23)27(5-2)6-3/h7-11,14-20H,4-6,12-13H2,1-3H3/b21-7?,22-18?,25-19+. The zero-order valence-corrected chi connectivity index (χ0v) is 16.9. The monoisotopic (exact) mass is 357 g/mol. The molecule has 0 aliphatic heterocycles. The summed E-state index contributed by atoms with van der Waals surface area (Å²) < 4.78 is 0. The highest BCUT2D eigenvalue weighted by atomic mass is 15.1. The Labute approximate surface area is 164 Å². The SMILES string of the molecule is CCC=c1ccc(=CC2=C/C(=C/c3ccc(N(CC)CC)cc3)CC2)cc1. The van der Waals surface area contributed by atoms with E-state index in [4.69, 9.17) is 0 Å². The molecule has 0 N–H and O–H groups in total. The maximum Gasteiger partial charge on any atom is 0.0366 e. The number of nitrogens with zero attached hydrogens (tertiary/aromatic N) is 1. The van der Waals surface area contributed by atoms with E-state index in [0.717, 1.165) is 32.4 Å². The first-order valence-corrected chi connectivity index (χ1v) is 10.3. The van der Waals surface area contributed by atoms with Crippen LogP contribution in [-0.2, 0) is 0 Å². The first kappa shape index (κ1) is 19.2. The van der Waals surface area contributed by atoms with Crippen molar-refractivity contribution in [1.82, 2.24) is 0 Å². The van der Waals surface area contributed by atoms with Gasteiger partial charge in [0.25, 0.3) is 0 Å². The molecule has 1 heteroatoms. The normalized spacial score (nSPS) is 14.9. The Balaban J connectivity index is 1.74. The van der Waals surface area contributed by atoms with Crippen molar-refractivity contribution < 1.29 is 0 Å². The van der Waals surface area contributed by atoms with Crippen LogP contribution in [0.1, 0.15) is 45.6 Å². The predicted octanol–water partition coefficient (Wildman–Crippen LogP) is 5.31. The summed E-state index contributed by atoms with van der Waals surface area (Å²) in [6, 6.07) is 17.8. The fourth-order valence-electron chi connectivity index (χ4n) is 3.66. The molecule has 0 aromatic heterocycles. The smallest absolute Gasteiger partial charge is 0.0366 e. The van der Waals surface area contributed by atoms with Crippen LogP contribution in [0.25, 0.3) is 18.2 Å². The molecular formula is C26H31N. The van der Waals surface area contributed by atoms with Gasteiger partial charge in [0.15, 0.2) is 0 Å². The highest BCUT2D eigenvalue weighted by Crippen LogP contribution is 2.26. The first-order chi connectivity index (χ1) is 13.2. The molecule has 27 heavy (non-hydrogen) atoms. The van der Waals surface area contributed by atoms with Crippen LogP contribution < -0.4 is 15.3 Å². The lowest BCUT2D eigenvalue weighted by atomic mass is 10.1. The van der Waals surface area contributed by atoms with Crippen molar-refractivity contribution in [3.05, 3.63) is 81.8 Å². The molecule has 0 atom stereocenters. The first-order valence-electron chi connectivity index (χ1n) is 10.3. The molecule has 1 aliphatic carbocycles. The van der Waals surface area contributed by atoms with Gasteiger partial charge in [-0.25, -0.2) is 0 Å². The van der Waals surface area contributed by atoms with Gasteiger partial charge in [0.05, 0.1) is 0 Å². The lowest BCUT2D eigenvalue weighted by Gasteiger charge is -2.20. The van der Waals surface area contributed by atoms with Gasteiger partial charge in [0, 0.05) is 18.8 Å². The van der Waals surface area contributed by atoms with Crippen LogP contribution in [0.15, 0.2) is 65.8 Å². The van der Waals surface area contributed by atoms with Crippen molar-refractivity contribution in [3.8, 4) is 0 Å². The van der Waals surface area contributed by atoms with Crippen molar-refractivity contribution in [2.45, 2.75) is 40.0 Å². The van der Waals surface area contributed by atoms with E-state index >= 15 is 0 Å². The number of allylic oxidation sites excluding steroid dienone is 3. The van der Waals surface area contributed by atoms with E-state index in [1.165, 1.54) is 32.8 Å². The van der Waals surface area contributed by atoms with Crippen LogP contribution in [0.2, 0.25) is 0 Å². The molecule has 3 rings (SSSR count). The second-order valence-electron chi connectivity index (χ2n) is 7.13. The summed E-state index contributed by atoms with van der Waals surface area (Å²) in [5, 5.41) is 2.60. The van der Waals surface area contributed by atoms with Gasteiger partial charge >= 0.3 is 0 Å². The van der Waals surface area contributed by atoms with E-state index in [0.29, 0.717) is 0 Å². The van der Waals surface area contributed by atoms with Gasteiger partial charge < -0.3 is 4.90 Å². The molecule has 0 fully saturated rings. The summed E-state index contributed by atoms with van der Waals surface area (Å²) in [4.78, 5) is 2.38. The van der Waals surface area contributed by atoms with Gasteiger partial charge in [0.2, 0.25) is 0 Å². The molecule has 0 radical (unpaired) electrons. The predicted molar refractivity (Wildman–Crippen MR) is 120 cm³/mol. The minimum absolute atomic E-state index is 1.05. The summed E-state index contributed by atoms with van der Waals surface area (Å²) in [7, 11) is 0. The van der Waals surface area contributed by atoms with Crippen molar-refractivity contribution >= 4 is 23.9 Å². The van der Waals surface area contributed by atoms with Crippen LogP contribution >= 0.6 is 0 Å². The van der Waals surface area contributed by atoms with E-state index in [1.807, 2.05) is 0 Å². The number of anilines is 1. The molecule has 2 aromatic carbocycles. The van der Waals surface area contributed by atoms with Crippen molar-refractivity contribution in [1.29, 1.82) is 0 Å². The summed E-state index contributed by atoms with van der Waals surface area (Å²) >= 11 is 0. The molecule has 0 unspecified atom stereocenters. The topological polar surface area (TPSA) is 3.24 Å². The molecule has 0 bridgehead atoms. The van der Waals surface area contributed by atoms with Crippen LogP contribution in [-0.4, -0.2) is 13.1 Å². The zero-order valence-electron chi connectivity index (χ0n) is 16.9. The van der Waals surface area contributed by atoms with Gasteiger partial charge in [-0.3, -0.25) is 0 Å². The summed E-state index contributed by atoms with van der Waals surface area (Å²) in [5.41, 5.74) is 5.45. The Hall–Kier alpha value is -2.54. The maximum absolute atomic E-state index is 2.38.